The Hall–Kier alpha value is -2.71. The molecule has 2 rings (SSSR count). The Morgan fingerprint density at radius 3 is 2.44 bits per heavy atom. The number of nitrogens with one attached hydrogen (secondary N) is 3. The van der Waals surface area contributed by atoms with Crippen LogP contribution in [-0.2, 0) is 21.4 Å². The van der Waals surface area contributed by atoms with E-state index in [0.29, 0.717) is 5.69 Å². The molecule has 0 radical (unpaired) electrons. The third-order valence-corrected chi connectivity index (χ3v) is 4.79. The Kier molecular flexibility index (Phi) is 5.89. The van der Waals surface area contributed by atoms with E-state index in [2.05, 4.69) is 15.4 Å². The van der Waals surface area contributed by atoms with Crippen LogP contribution in [0.25, 0.3) is 0 Å². The van der Waals surface area contributed by atoms with Gasteiger partial charge >= 0.3 is 0 Å². The van der Waals surface area contributed by atoms with E-state index in [4.69, 9.17) is 0 Å². The van der Waals surface area contributed by atoms with Crippen molar-refractivity contribution in [1.82, 2.24) is 10.0 Å². The van der Waals surface area contributed by atoms with Crippen molar-refractivity contribution in [2.75, 3.05) is 12.4 Å². The predicted octanol–water partition coefficient (Wildman–Crippen LogP) is 1.48. The first kappa shape index (κ1) is 18.6. The summed E-state index contributed by atoms with van der Waals surface area (Å²) < 4.78 is 25.8. The molecule has 0 aliphatic heterocycles. The molecule has 0 unspecified atom stereocenters. The lowest BCUT2D eigenvalue weighted by molar-refractivity contribution is -0.114. The van der Waals surface area contributed by atoms with Crippen LogP contribution in [0.5, 0.6) is 0 Å². The molecule has 0 aliphatic rings. The highest BCUT2D eigenvalue weighted by Gasteiger charge is 2.14. The van der Waals surface area contributed by atoms with Crippen molar-refractivity contribution < 1.29 is 18.0 Å². The van der Waals surface area contributed by atoms with Crippen LogP contribution in [0, 0.1) is 0 Å². The van der Waals surface area contributed by atoms with Gasteiger partial charge in [-0.25, -0.2) is 13.1 Å². The molecule has 3 N–H and O–H groups in total. The highest BCUT2D eigenvalue weighted by molar-refractivity contribution is 7.89. The maximum atomic E-state index is 12.3. The summed E-state index contributed by atoms with van der Waals surface area (Å²) in [6, 6.07) is 12.9. The van der Waals surface area contributed by atoms with E-state index in [1.165, 1.54) is 38.2 Å². The number of sulfonamides is 1. The normalized spacial score (nSPS) is 11.0. The summed E-state index contributed by atoms with van der Waals surface area (Å²) in [6.07, 6.45) is 0. The van der Waals surface area contributed by atoms with Crippen molar-refractivity contribution in [3.8, 4) is 0 Å². The van der Waals surface area contributed by atoms with Crippen molar-refractivity contribution in [2.24, 2.45) is 0 Å². The SMILES string of the molecule is CNS(=O)(=O)c1cccc(C(=O)NCc2cccc(NC(C)=O)c2)c1. The molecule has 7 nitrogen and oxygen atoms in total. The van der Waals surface area contributed by atoms with E-state index in [9.17, 15) is 18.0 Å². The second kappa shape index (κ2) is 7.91. The quantitative estimate of drug-likeness (QED) is 0.725. The van der Waals surface area contributed by atoms with Gasteiger partial charge in [0.1, 0.15) is 0 Å². The van der Waals surface area contributed by atoms with Gasteiger partial charge in [0, 0.05) is 24.7 Å². The third kappa shape index (κ3) is 5.13. The molecule has 0 heterocycles. The molecule has 2 aromatic rings. The van der Waals surface area contributed by atoms with E-state index >= 15 is 0 Å². The van der Waals surface area contributed by atoms with Crippen molar-refractivity contribution in [2.45, 2.75) is 18.4 Å². The summed E-state index contributed by atoms with van der Waals surface area (Å²) in [5, 5.41) is 5.40. The zero-order chi connectivity index (χ0) is 18.4. The lowest BCUT2D eigenvalue weighted by atomic mass is 10.1. The van der Waals surface area contributed by atoms with Gasteiger partial charge in [-0.1, -0.05) is 18.2 Å². The number of amides is 2. The summed E-state index contributed by atoms with van der Waals surface area (Å²) in [5.41, 5.74) is 1.69. The van der Waals surface area contributed by atoms with Gasteiger partial charge in [-0.05, 0) is 42.9 Å². The molecule has 0 saturated heterocycles. The van der Waals surface area contributed by atoms with Crippen LogP contribution < -0.4 is 15.4 Å². The van der Waals surface area contributed by atoms with Crippen LogP contribution in [0.3, 0.4) is 0 Å². The lowest BCUT2D eigenvalue weighted by Crippen LogP contribution is -2.24. The first-order chi connectivity index (χ1) is 11.8. The average molecular weight is 361 g/mol. The standard InChI is InChI=1S/C17H19N3O4S/c1-12(21)20-15-7-3-5-13(9-15)11-19-17(22)14-6-4-8-16(10-14)25(23,24)18-2/h3-10,18H,11H2,1-2H3,(H,19,22)(H,20,21). The zero-order valence-corrected chi connectivity index (χ0v) is 14.7. The third-order valence-electron chi connectivity index (χ3n) is 3.38. The minimum atomic E-state index is -3.61. The summed E-state index contributed by atoms with van der Waals surface area (Å²) in [6.45, 7) is 1.66. The van der Waals surface area contributed by atoms with E-state index in [1.54, 1.807) is 18.2 Å². The highest BCUT2D eigenvalue weighted by Crippen LogP contribution is 2.13. The maximum absolute atomic E-state index is 12.3. The Morgan fingerprint density at radius 2 is 1.76 bits per heavy atom. The molecule has 0 fully saturated rings. The van der Waals surface area contributed by atoms with Crippen molar-refractivity contribution in [3.05, 3.63) is 59.7 Å². The van der Waals surface area contributed by atoms with Gasteiger partial charge in [-0.15, -0.1) is 0 Å². The Balaban J connectivity index is 2.08. The fraction of sp³-hybridized carbons (Fsp3) is 0.176. The summed E-state index contributed by atoms with van der Waals surface area (Å²) in [5.74, 6) is -0.568. The zero-order valence-electron chi connectivity index (χ0n) is 13.9. The first-order valence-corrected chi connectivity index (χ1v) is 8.98. The van der Waals surface area contributed by atoms with Gasteiger partial charge in [0.15, 0.2) is 0 Å². The van der Waals surface area contributed by atoms with Crippen LogP contribution in [0.2, 0.25) is 0 Å². The molecule has 25 heavy (non-hydrogen) atoms. The number of hydrogen-bond donors (Lipinski definition) is 3. The number of carbonyl (C=O) groups excluding carboxylic acids is 2. The Labute approximate surface area is 146 Å². The average Bonchev–Trinajstić information content (AvgIpc) is 2.59. The van der Waals surface area contributed by atoms with Crippen molar-refractivity contribution in [1.29, 1.82) is 0 Å². The molecular formula is C17H19N3O4S. The molecule has 0 saturated carbocycles. The second-order valence-corrected chi connectivity index (χ2v) is 7.19. The smallest absolute Gasteiger partial charge is 0.251 e. The molecule has 8 heteroatoms. The van der Waals surface area contributed by atoms with Crippen LogP contribution in [0.15, 0.2) is 53.4 Å². The number of hydrogen-bond acceptors (Lipinski definition) is 4. The summed E-state index contributed by atoms with van der Waals surface area (Å²) >= 11 is 0. The van der Waals surface area contributed by atoms with Crippen LogP contribution in [0.1, 0.15) is 22.8 Å². The van der Waals surface area contributed by atoms with Crippen molar-refractivity contribution >= 4 is 27.5 Å². The molecule has 0 aliphatic carbocycles. The molecule has 2 amide bonds. The maximum Gasteiger partial charge on any atom is 0.251 e. The molecule has 0 aromatic heterocycles. The van der Waals surface area contributed by atoms with Crippen LogP contribution >= 0.6 is 0 Å². The fourth-order valence-electron chi connectivity index (χ4n) is 2.17. The predicted molar refractivity (Wildman–Crippen MR) is 94.6 cm³/mol. The largest absolute Gasteiger partial charge is 0.348 e. The van der Waals surface area contributed by atoms with Crippen LogP contribution in [-0.4, -0.2) is 27.3 Å². The van der Waals surface area contributed by atoms with Gasteiger partial charge in [0.25, 0.3) is 5.91 Å². The number of anilines is 1. The van der Waals surface area contributed by atoms with Gasteiger partial charge in [-0.3, -0.25) is 9.59 Å². The van der Waals surface area contributed by atoms with Gasteiger partial charge < -0.3 is 10.6 Å². The van der Waals surface area contributed by atoms with Crippen LogP contribution in [0.4, 0.5) is 5.69 Å². The minimum absolute atomic E-state index is 0.0234. The number of rotatable bonds is 6. The molecule has 0 bridgehead atoms. The van der Waals surface area contributed by atoms with Gasteiger partial charge in [0.05, 0.1) is 4.90 Å². The van der Waals surface area contributed by atoms with E-state index < -0.39 is 15.9 Å². The van der Waals surface area contributed by atoms with Gasteiger partial charge in [-0.2, -0.15) is 0 Å². The summed E-state index contributed by atoms with van der Waals surface area (Å²) in [4.78, 5) is 23.4. The van der Waals surface area contributed by atoms with E-state index in [0.717, 1.165) is 5.56 Å². The first-order valence-electron chi connectivity index (χ1n) is 7.50. The number of carbonyl (C=O) groups is 2. The Morgan fingerprint density at radius 1 is 1.04 bits per heavy atom. The Bertz CT molecular complexity index is 894. The molecule has 132 valence electrons. The minimum Gasteiger partial charge on any atom is -0.348 e. The molecule has 0 atom stereocenters. The topological polar surface area (TPSA) is 104 Å². The summed E-state index contributed by atoms with van der Waals surface area (Å²) in [7, 11) is -2.30. The van der Waals surface area contributed by atoms with E-state index in [-0.39, 0.29) is 22.9 Å². The second-order valence-electron chi connectivity index (χ2n) is 5.30. The highest BCUT2D eigenvalue weighted by atomic mass is 32.2. The van der Waals surface area contributed by atoms with Crippen molar-refractivity contribution in [3.63, 3.8) is 0 Å². The number of benzene rings is 2. The van der Waals surface area contributed by atoms with Gasteiger partial charge in [0.2, 0.25) is 15.9 Å². The molecule has 2 aromatic carbocycles. The monoisotopic (exact) mass is 361 g/mol. The lowest BCUT2D eigenvalue weighted by Gasteiger charge is -2.09. The molecular weight excluding hydrogens is 342 g/mol. The molecule has 0 spiro atoms. The van der Waals surface area contributed by atoms with E-state index in [1.807, 2.05) is 6.07 Å². The fourth-order valence-corrected chi connectivity index (χ4v) is 2.94.